The first-order valence-corrected chi connectivity index (χ1v) is 8.81. The highest BCUT2D eigenvalue weighted by Crippen LogP contribution is 2.27. The Labute approximate surface area is 140 Å². The molecule has 0 bridgehead atoms. The fourth-order valence-corrected chi connectivity index (χ4v) is 3.62. The molecule has 2 unspecified atom stereocenters. The van der Waals surface area contributed by atoms with E-state index in [0.29, 0.717) is 12.0 Å². The Hall–Kier alpha value is -1.64. The van der Waals surface area contributed by atoms with Gasteiger partial charge in [-0.2, -0.15) is 0 Å². The van der Waals surface area contributed by atoms with Gasteiger partial charge in [-0.1, -0.05) is 67.1 Å². The quantitative estimate of drug-likeness (QED) is 0.899. The predicted molar refractivity (Wildman–Crippen MR) is 97.7 cm³/mol. The van der Waals surface area contributed by atoms with Gasteiger partial charge < -0.3 is 10.2 Å². The van der Waals surface area contributed by atoms with E-state index in [2.05, 4.69) is 78.7 Å². The minimum atomic E-state index is 0.564. The Morgan fingerprint density at radius 3 is 2.61 bits per heavy atom. The van der Waals surface area contributed by atoms with E-state index in [1.54, 1.807) is 0 Å². The second kappa shape index (κ2) is 7.76. The summed E-state index contributed by atoms with van der Waals surface area (Å²) in [6.45, 7) is 8.90. The number of hydrogen-bond donors (Lipinski definition) is 1. The van der Waals surface area contributed by atoms with Crippen LogP contribution in [0.25, 0.3) is 0 Å². The highest BCUT2D eigenvalue weighted by Gasteiger charge is 2.27. The van der Waals surface area contributed by atoms with Gasteiger partial charge in [0.05, 0.1) is 0 Å². The maximum atomic E-state index is 3.77. The third-order valence-corrected chi connectivity index (χ3v) is 4.92. The molecule has 23 heavy (non-hydrogen) atoms. The molecular formula is C21H28N2. The molecule has 2 aromatic rings. The van der Waals surface area contributed by atoms with Crippen molar-refractivity contribution in [3.05, 3.63) is 71.3 Å². The van der Waals surface area contributed by atoms with E-state index in [9.17, 15) is 0 Å². The van der Waals surface area contributed by atoms with E-state index in [-0.39, 0.29) is 0 Å². The van der Waals surface area contributed by atoms with Crippen molar-refractivity contribution in [2.45, 2.75) is 38.8 Å². The van der Waals surface area contributed by atoms with Gasteiger partial charge in [-0.25, -0.2) is 0 Å². The van der Waals surface area contributed by atoms with Crippen LogP contribution in [0, 0.1) is 6.92 Å². The standard InChI is InChI=1S/C21H28N2/c1-3-23-15-20(19-11-7-8-17(2)12-19)13-21(16-23)22-14-18-9-5-4-6-10-18/h4-12,20-22H,3,13-16H2,1-2H3. The predicted octanol–water partition coefficient (Wildman–Crippen LogP) is 3.96. The Bertz CT molecular complexity index is 608. The molecule has 1 heterocycles. The summed E-state index contributed by atoms with van der Waals surface area (Å²) < 4.78 is 0. The number of nitrogens with zero attached hydrogens (tertiary/aromatic N) is 1. The van der Waals surface area contributed by atoms with Crippen LogP contribution in [0.1, 0.15) is 36.0 Å². The topological polar surface area (TPSA) is 15.3 Å². The molecule has 122 valence electrons. The van der Waals surface area contributed by atoms with Gasteiger partial charge in [-0.05, 0) is 36.9 Å². The van der Waals surface area contributed by atoms with Crippen molar-refractivity contribution < 1.29 is 0 Å². The molecule has 1 aliphatic rings. The van der Waals surface area contributed by atoms with Gasteiger partial charge >= 0.3 is 0 Å². The summed E-state index contributed by atoms with van der Waals surface area (Å²) in [5.74, 6) is 0.636. The van der Waals surface area contributed by atoms with Crippen LogP contribution >= 0.6 is 0 Å². The summed E-state index contributed by atoms with van der Waals surface area (Å²) in [5, 5.41) is 3.77. The van der Waals surface area contributed by atoms with Crippen molar-refractivity contribution in [2.75, 3.05) is 19.6 Å². The van der Waals surface area contributed by atoms with Gasteiger partial charge in [-0.15, -0.1) is 0 Å². The molecule has 1 N–H and O–H groups in total. The maximum Gasteiger partial charge on any atom is 0.0208 e. The van der Waals surface area contributed by atoms with E-state index in [4.69, 9.17) is 0 Å². The van der Waals surface area contributed by atoms with Crippen LogP contribution in [0.4, 0.5) is 0 Å². The van der Waals surface area contributed by atoms with Crippen LogP contribution in [0.15, 0.2) is 54.6 Å². The van der Waals surface area contributed by atoms with Crippen LogP contribution in [0.3, 0.4) is 0 Å². The molecule has 0 aliphatic carbocycles. The van der Waals surface area contributed by atoms with Gasteiger partial charge in [0, 0.05) is 25.7 Å². The van der Waals surface area contributed by atoms with Crippen LogP contribution in [0.5, 0.6) is 0 Å². The van der Waals surface area contributed by atoms with E-state index < -0.39 is 0 Å². The molecule has 0 aromatic heterocycles. The Morgan fingerprint density at radius 1 is 1.04 bits per heavy atom. The molecule has 0 saturated carbocycles. The Balaban J connectivity index is 1.66. The number of hydrogen-bond acceptors (Lipinski definition) is 2. The molecular weight excluding hydrogens is 280 g/mol. The lowest BCUT2D eigenvalue weighted by Gasteiger charge is -2.38. The van der Waals surface area contributed by atoms with Gasteiger partial charge in [0.25, 0.3) is 0 Å². The molecule has 0 amide bonds. The van der Waals surface area contributed by atoms with E-state index >= 15 is 0 Å². The van der Waals surface area contributed by atoms with Crippen molar-refractivity contribution in [2.24, 2.45) is 0 Å². The van der Waals surface area contributed by atoms with Crippen molar-refractivity contribution in [1.82, 2.24) is 10.2 Å². The lowest BCUT2D eigenvalue weighted by atomic mass is 9.87. The first kappa shape index (κ1) is 16.2. The minimum Gasteiger partial charge on any atom is -0.309 e. The van der Waals surface area contributed by atoms with Crippen molar-refractivity contribution in [1.29, 1.82) is 0 Å². The number of likely N-dealkylation sites (N-methyl/N-ethyl adjacent to an activating group) is 1. The first-order chi connectivity index (χ1) is 11.2. The Kier molecular flexibility index (Phi) is 5.47. The third-order valence-electron chi connectivity index (χ3n) is 4.92. The normalized spacial score (nSPS) is 22.2. The van der Waals surface area contributed by atoms with Gasteiger partial charge in [-0.3, -0.25) is 0 Å². The van der Waals surface area contributed by atoms with Gasteiger partial charge in [0.2, 0.25) is 0 Å². The zero-order chi connectivity index (χ0) is 16.1. The summed E-state index contributed by atoms with van der Waals surface area (Å²) in [4.78, 5) is 2.58. The summed E-state index contributed by atoms with van der Waals surface area (Å²) in [5.41, 5.74) is 4.23. The van der Waals surface area contributed by atoms with Crippen LogP contribution in [0.2, 0.25) is 0 Å². The molecule has 2 atom stereocenters. The largest absolute Gasteiger partial charge is 0.309 e. The SMILES string of the molecule is CCN1CC(NCc2ccccc2)CC(c2cccc(C)c2)C1. The first-order valence-electron chi connectivity index (χ1n) is 8.81. The lowest BCUT2D eigenvalue weighted by molar-refractivity contribution is 0.178. The lowest BCUT2D eigenvalue weighted by Crippen LogP contribution is -2.48. The molecule has 2 nitrogen and oxygen atoms in total. The Morgan fingerprint density at radius 2 is 1.87 bits per heavy atom. The second-order valence-electron chi connectivity index (χ2n) is 6.76. The van der Waals surface area contributed by atoms with Gasteiger partial charge in [0.15, 0.2) is 0 Å². The van der Waals surface area contributed by atoms with E-state index in [1.165, 1.54) is 29.7 Å². The van der Waals surface area contributed by atoms with Gasteiger partial charge in [0.1, 0.15) is 0 Å². The molecule has 2 heteroatoms. The average Bonchev–Trinajstić information content (AvgIpc) is 2.60. The molecule has 0 spiro atoms. The van der Waals surface area contributed by atoms with Crippen molar-refractivity contribution in [3.63, 3.8) is 0 Å². The molecule has 2 aromatic carbocycles. The van der Waals surface area contributed by atoms with Crippen LogP contribution in [-0.4, -0.2) is 30.6 Å². The average molecular weight is 308 g/mol. The summed E-state index contributed by atoms with van der Waals surface area (Å²) >= 11 is 0. The zero-order valence-corrected chi connectivity index (χ0v) is 14.3. The molecule has 0 radical (unpaired) electrons. The number of rotatable bonds is 5. The number of aryl methyl sites for hydroxylation is 1. The summed E-state index contributed by atoms with van der Waals surface area (Å²) in [6, 6.07) is 20.3. The summed E-state index contributed by atoms with van der Waals surface area (Å²) in [7, 11) is 0. The monoisotopic (exact) mass is 308 g/mol. The minimum absolute atomic E-state index is 0.564. The fourth-order valence-electron chi connectivity index (χ4n) is 3.62. The number of benzene rings is 2. The van der Waals surface area contributed by atoms with Crippen molar-refractivity contribution >= 4 is 0 Å². The zero-order valence-electron chi connectivity index (χ0n) is 14.3. The number of piperidine rings is 1. The maximum absolute atomic E-state index is 3.77. The second-order valence-corrected chi connectivity index (χ2v) is 6.76. The van der Waals surface area contributed by atoms with Crippen LogP contribution in [-0.2, 0) is 6.54 Å². The van der Waals surface area contributed by atoms with E-state index in [1.807, 2.05) is 0 Å². The van der Waals surface area contributed by atoms with Crippen molar-refractivity contribution in [3.8, 4) is 0 Å². The van der Waals surface area contributed by atoms with E-state index in [0.717, 1.165) is 19.6 Å². The number of likely N-dealkylation sites (tertiary alicyclic amines) is 1. The fraction of sp³-hybridized carbons (Fsp3) is 0.429. The molecule has 1 saturated heterocycles. The highest BCUT2D eigenvalue weighted by molar-refractivity contribution is 5.26. The molecule has 1 aliphatic heterocycles. The van der Waals surface area contributed by atoms with Crippen LogP contribution < -0.4 is 5.32 Å². The number of nitrogens with one attached hydrogen (secondary N) is 1. The summed E-state index contributed by atoms with van der Waals surface area (Å²) in [6.07, 6.45) is 1.23. The highest BCUT2D eigenvalue weighted by atomic mass is 15.2. The molecule has 1 fully saturated rings. The molecule has 3 rings (SSSR count). The third kappa shape index (κ3) is 4.43. The smallest absolute Gasteiger partial charge is 0.0208 e.